The second-order valence-electron chi connectivity index (χ2n) is 5.60. The van der Waals surface area contributed by atoms with Gasteiger partial charge < -0.3 is 5.32 Å². The van der Waals surface area contributed by atoms with E-state index in [0.717, 1.165) is 17.8 Å². The van der Waals surface area contributed by atoms with Crippen LogP contribution >= 0.6 is 11.8 Å². The van der Waals surface area contributed by atoms with Crippen LogP contribution < -0.4 is 5.32 Å². The zero-order chi connectivity index (χ0) is 16.9. The highest BCUT2D eigenvalue weighted by molar-refractivity contribution is 7.99. The Morgan fingerprint density at radius 2 is 2.04 bits per heavy atom. The summed E-state index contributed by atoms with van der Waals surface area (Å²) in [6.07, 6.45) is 0.804. The lowest BCUT2D eigenvalue weighted by Gasteiger charge is -2.14. The number of thioether (sulfide) groups is 1. The van der Waals surface area contributed by atoms with E-state index in [1.807, 2.05) is 26.0 Å². The van der Waals surface area contributed by atoms with Crippen LogP contribution in [-0.2, 0) is 11.2 Å². The number of carbonyl (C=O) groups excluding carboxylic acids is 1. The van der Waals surface area contributed by atoms with Gasteiger partial charge in [-0.1, -0.05) is 55.1 Å². The summed E-state index contributed by atoms with van der Waals surface area (Å²) in [6.45, 7) is 4.00. The molecule has 0 bridgehead atoms. The van der Waals surface area contributed by atoms with E-state index < -0.39 is 0 Å². The molecule has 0 aliphatic carbocycles. The Balaban J connectivity index is 1.58. The van der Waals surface area contributed by atoms with Crippen molar-refractivity contribution in [3.63, 3.8) is 0 Å². The molecule has 1 aromatic heterocycles. The van der Waals surface area contributed by atoms with Gasteiger partial charge in [0.2, 0.25) is 11.1 Å². The van der Waals surface area contributed by atoms with E-state index in [4.69, 9.17) is 0 Å². The highest BCUT2D eigenvalue weighted by Crippen LogP contribution is 2.20. The Hall–Kier alpha value is -2.34. The zero-order valence-corrected chi connectivity index (χ0v) is 14.6. The first kappa shape index (κ1) is 16.5. The Morgan fingerprint density at radius 3 is 2.79 bits per heavy atom. The first-order valence-electron chi connectivity index (χ1n) is 7.98. The van der Waals surface area contributed by atoms with Crippen LogP contribution in [0.25, 0.3) is 10.8 Å². The number of amides is 1. The third-order valence-electron chi connectivity index (χ3n) is 3.83. The van der Waals surface area contributed by atoms with Gasteiger partial charge in [-0.25, -0.2) is 4.98 Å². The lowest BCUT2D eigenvalue weighted by Crippen LogP contribution is -2.28. The minimum Gasteiger partial charge on any atom is -0.349 e. The molecular weight excluding hydrogens is 320 g/mol. The number of fused-ring (bicyclic) bond motifs is 1. The van der Waals surface area contributed by atoms with Crippen LogP contribution in [0.3, 0.4) is 0 Å². The smallest absolute Gasteiger partial charge is 0.230 e. The van der Waals surface area contributed by atoms with Crippen molar-refractivity contribution in [3.8, 4) is 0 Å². The highest BCUT2D eigenvalue weighted by Gasteiger charge is 2.12. The molecule has 0 fully saturated rings. The van der Waals surface area contributed by atoms with Gasteiger partial charge in [-0.05, 0) is 29.3 Å². The van der Waals surface area contributed by atoms with Crippen molar-refractivity contribution in [1.82, 2.24) is 20.5 Å². The zero-order valence-electron chi connectivity index (χ0n) is 13.7. The van der Waals surface area contributed by atoms with Gasteiger partial charge in [-0.3, -0.25) is 9.89 Å². The Kier molecular flexibility index (Phi) is 5.15. The fraction of sp³-hybridized carbons (Fsp3) is 0.278. The number of aromatic amines is 1. The molecule has 6 heteroatoms. The third-order valence-corrected chi connectivity index (χ3v) is 4.68. The number of nitrogens with zero attached hydrogens (tertiary/aromatic N) is 2. The molecule has 3 aromatic rings. The van der Waals surface area contributed by atoms with Crippen LogP contribution in [0.5, 0.6) is 0 Å². The second-order valence-corrected chi connectivity index (χ2v) is 6.55. The number of nitrogens with one attached hydrogen (secondary N) is 2. The molecule has 1 unspecified atom stereocenters. The summed E-state index contributed by atoms with van der Waals surface area (Å²) < 4.78 is 0. The van der Waals surface area contributed by atoms with E-state index in [2.05, 4.69) is 50.8 Å². The van der Waals surface area contributed by atoms with Crippen molar-refractivity contribution < 1.29 is 4.79 Å². The average Bonchev–Trinajstić information content (AvgIpc) is 3.07. The van der Waals surface area contributed by atoms with E-state index in [1.165, 1.54) is 22.5 Å². The molecule has 0 saturated carbocycles. The standard InChI is InChI=1S/C18H20N4OS/c1-3-16-20-18(22-21-16)24-11-17(23)19-12(2)14-9-8-13-6-4-5-7-15(13)10-14/h4-10,12H,3,11H2,1-2H3,(H,19,23)(H,20,21,22). The maximum atomic E-state index is 12.1. The Bertz CT molecular complexity index is 846. The maximum absolute atomic E-state index is 12.1. The van der Waals surface area contributed by atoms with Gasteiger partial charge in [-0.2, -0.15) is 0 Å². The van der Waals surface area contributed by atoms with Crippen molar-refractivity contribution in [3.05, 3.63) is 53.9 Å². The Morgan fingerprint density at radius 1 is 1.25 bits per heavy atom. The van der Waals surface area contributed by atoms with Crippen LogP contribution in [0.4, 0.5) is 0 Å². The normalized spacial score (nSPS) is 12.2. The van der Waals surface area contributed by atoms with E-state index in [9.17, 15) is 4.79 Å². The molecule has 2 N–H and O–H groups in total. The van der Waals surface area contributed by atoms with Crippen molar-refractivity contribution in [1.29, 1.82) is 0 Å². The molecule has 1 amide bonds. The molecular formula is C18H20N4OS. The Labute approximate surface area is 145 Å². The molecule has 0 spiro atoms. The first-order chi connectivity index (χ1) is 11.7. The molecule has 0 aliphatic heterocycles. The van der Waals surface area contributed by atoms with Crippen molar-refractivity contribution >= 4 is 28.4 Å². The highest BCUT2D eigenvalue weighted by atomic mass is 32.2. The number of aromatic nitrogens is 3. The molecule has 0 aliphatic rings. The molecule has 0 radical (unpaired) electrons. The van der Waals surface area contributed by atoms with Gasteiger partial charge in [0, 0.05) is 6.42 Å². The fourth-order valence-corrected chi connectivity index (χ4v) is 3.10. The van der Waals surface area contributed by atoms with Crippen molar-refractivity contribution in [2.75, 3.05) is 5.75 Å². The molecule has 1 atom stereocenters. The fourth-order valence-electron chi connectivity index (χ4n) is 2.47. The molecule has 124 valence electrons. The lowest BCUT2D eigenvalue weighted by atomic mass is 10.0. The lowest BCUT2D eigenvalue weighted by molar-refractivity contribution is -0.119. The summed E-state index contributed by atoms with van der Waals surface area (Å²) in [6, 6.07) is 14.4. The summed E-state index contributed by atoms with van der Waals surface area (Å²) in [5.41, 5.74) is 1.10. The summed E-state index contributed by atoms with van der Waals surface area (Å²) in [5.74, 6) is 1.12. The van der Waals surface area contributed by atoms with E-state index in [-0.39, 0.29) is 11.9 Å². The molecule has 1 heterocycles. The molecule has 3 rings (SSSR count). The first-order valence-corrected chi connectivity index (χ1v) is 8.96. The second kappa shape index (κ2) is 7.49. The molecule has 5 nitrogen and oxygen atoms in total. The van der Waals surface area contributed by atoms with Crippen LogP contribution in [0, 0.1) is 0 Å². The largest absolute Gasteiger partial charge is 0.349 e. The van der Waals surface area contributed by atoms with Gasteiger partial charge in [0.15, 0.2) is 0 Å². The quantitative estimate of drug-likeness (QED) is 0.674. The summed E-state index contributed by atoms with van der Waals surface area (Å²) in [5, 5.41) is 12.9. The topological polar surface area (TPSA) is 70.7 Å². The van der Waals surface area contributed by atoms with E-state index >= 15 is 0 Å². The average molecular weight is 340 g/mol. The summed E-state index contributed by atoms with van der Waals surface area (Å²) in [7, 11) is 0. The monoisotopic (exact) mass is 340 g/mol. The molecule has 24 heavy (non-hydrogen) atoms. The maximum Gasteiger partial charge on any atom is 0.230 e. The number of hydrogen-bond donors (Lipinski definition) is 2. The SMILES string of the molecule is CCc1nc(SCC(=O)NC(C)c2ccc3ccccc3c2)n[nH]1. The minimum atomic E-state index is -0.0407. The number of hydrogen-bond acceptors (Lipinski definition) is 4. The van der Waals surface area contributed by atoms with Crippen molar-refractivity contribution in [2.24, 2.45) is 0 Å². The van der Waals surface area contributed by atoms with Crippen LogP contribution in [0.1, 0.15) is 31.3 Å². The third kappa shape index (κ3) is 3.94. The number of carbonyl (C=O) groups is 1. The minimum absolute atomic E-state index is 0.0245. The van der Waals surface area contributed by atoms with Gasteiger partial charge in [0.1, 0.15) is 5.82 Å². The summed E-state index contributed by atoms with van der Waals surface area (Å²) in [4.78, 5) is 16.4. The van der Waals surface area contributed by atoms with E-state index in [1.54, 1.807) is 0 Å². The van der Waals surface area contributed by atoms with Crippen molar-refractivity contribution in [2.45, 2.75) is 31.5 Å². The number of benzene rings is 2. The summed E-state index contributed by atoms with van der Waals surface area (Å²) >= 11 is 1.34. The number of H-pyrrole nitrogens is 1. The van der Waals surface area contributed by atoms with Crippen LogP contribution in [0.2, 0.25) is 0 Å². The predicted molar refractivity (Wildman–Crippen MR) is 97.0 cm³/mol. The van der Waals surface area contributed by atoms with Gasteiger partial charge in [0.05, 0.1) is 11.8 Å². The van der Waals surface area contributed by atoms with Gasteiger partial charge in [-0.15, -0.1) is 5.10 Å². The molecule has 2 aromatic carbocycles. The van der Waals surface area contributed by atoms with Gasteiger partial charge in [0.25, 0.3) is 0 Å². The van der Waals surface area contributed by atoms with Gasteiger partial charge >= 0.3 is 0 Å². The molecule has 0 saturated heterocycles. The number of rotatable bonds is 6. The number of aryl methyl sites for hydroxylation is 1. The van der Waals surface area contributed by atoms with Crippen LogP contribution in [0.15, 0.2) is 47.6 Å². The van der Waals surface area contributed by atoms with Crippen LogP contribution in [-0.4, -0.2) is 26.8 Å². The predicted octanol–water partition coefficient (Wildman–Crippen LogP) is 3.49. The van der Waals surface area contributed by atoms with E-state index in [0.29, 0.717) is 10.9 Å².